The van der Waals surface area contributed by atoms with Gasteiger partial charge in [-0.3, -0.25) is 4.79 Å². The molecule has 3 rings (SSSR count). The normalized spacial score (nSPS) is 11.1. The summed E-state index contributed by atoms with van der Waals surface area (Å²) in [5, 5.41) is 13.9. The van der Waals surface area contributed by atoms with Gasteiger partial charge in [0.05, 0.1) is 11.4 Å². The summed E-state index contributed by atoms with van der Waals surface area (Å²) in [7, 11) is 1.85. The molecule has 0 spiro atoms. The summed E-state index contributed by atoms with van der Waals surface area (Å²) in [6.07, 6.45) is 2.68. The second kappa shape index (κ2) is 8.46. The smallest absolute Gasteiger partial charge is 0.236 e. The average molecular weight is 388 g/mol. The minimum Gasteiger partial charge on any atom is -0.312 e. The first-order chi connectivity index (χ1) is 12.5. The molecule has 0 aliphatic heterocycles. The maximum absolute atomic E-state index is 12.1. The van der Waals surface area contributed by atoms with Crippen molar-refractivity contribution in [3.63, 3.8) is 0 Å². The molecule has 0 saturated carbocycles. The van der Waals surface area contributed by atoms with Crippen LogP contribution in [0.3, 0.4) is 0 Å². The van der Waals surface area contributed by atoms with E-state index in [1.54, 1.807) is 10.9 Å². The Morgan fingerprint density at radius 1 is 1.31 bits per heavy atom. The number of rotatable bonds is 7. The maximum Gasteiger partial charge on any atom is 0.236 e. The molecule has 0 aliphatic rings. The molecule has 6 nitrogen and oxygen atoms in total. The summed E-state index contributed by atoms with van der Waals surface area (Å²) in [5.74, 6) is 0.804. The van der Waals surface area contributed by atoms with Crippen molar-refractivity contribution in [2.45, 2.75) is 25.4 Å². The first kappa shape index (κ1) is 18.6. The van der Waals surface area contributed by atoms with Gasteiger partial charge in [-0.05, 0) is 17.9 Å². The van der Waals surface area contributed by atoms with E-state index in [-0.39, 0.29) is 11.7 Å². The van der Waals surface area contributed by atoms with Gasteiger partial charge in [-0.15, -0.1) is 21.5 Å². The van der Waals surface area contributed by atoms with Gasteiger partial charge in [-0.2, -0.15) is 0 Å². The van der Waals surface area contributed by atoms with Crippen molar-refractivity contribution in [1.82, 2.24) is 19.7 Å². The average Bonchev–Trinajstić information content (AvgIpc) is 3.22. The van der Waals surface area contributed by atoms with Gasteiger partial charge in [0.2, 0.25) is 5.91 Å². The van der Waals surface area contributed by atoms with E-state index in [9.17, 15) is 4.79 Å². The molecule has 0 aliphatic carbocycles. The number of hydrogen-bond donors (Lipinski definition) is 1. The van der Waals surface area contributed by atoms with Crippen LogP contribution in [0.1, 0.15) is 19.4 Å². The largest absolute Gasteiger partial charge is 0.312 e. The minimum atomic E-state index is -0.105. The maximum atomic E-state index is 12.1. The molecule has 1 amide bonds. The zero-order valence-corrected chi connectivity index (χ0v) is 16.6. The van der Waals surface area contributed by atoms with Gasteiger partial charge in [0.15, 0.2) is 10.3 Å². The van der Waals surface area contributed by atoms with Crippen molar-refractivity contribution in [1.29, 1.82) is 0 Å². The molecule has 3 aromatic rings. The van der Waals surface area contributed by atoms with Gasteiger partial charge in [0, 0.05) is 18.0 Å². The lowest BCUT2D eigenvalue weighted by molar-refractivity contribution is -0.113. The zero-order chi connectivity index (χ0) is 18.5. The summed E-state index contributed by atoms with van der Waals surface area (Å²) in [4.78, 5) is 16.6. The molecule has 0 unspecified atom stereocenters. The Kier molecular flexibility index (Phi) is 6.05. The Bertz CT molecular complexity index is 870. The van der Waals surface area contributed by atoms with Gasteiger partial charge in [-0.25, -0.2) is 4.98 Å². The predicted molar refractivity (Wildman–Crippen MR) is 106 cm³/mol. The van der Waals surface area contributed by atoms with Crippen molar-refractivity contribution >= 4 is 34.1 Å². The molecule has 1 aromatic carbocycles. The first-order valence-corrected chi connectivity index (χ1v) is 10.2. The molecule has 2 aromatic heterocycles. The molecule has 8 heteroatoms. The minimum absolute atomic E-state index is 0.105. The first-order valence-electron chi connectivity index (χ1n) is 8.32. The number of aromatic nitrogens is 4. The summed E-state index contributed by atoms with van der Waals surface area (Å²) >= 11 is 2.77. The van der Waals surface area contributed by atoms with Gasteiger partial charge >= 0.3 is 0 Å². The van der Waals surface area contributed by atoms with Crippen LogP contribution in [0, 0.1) is 5.92 Å². The number of aryl methyl sites for hydroxylation is 1. The summed E-state index contributed by atoms with van der Waals surface area (Å²) in [6, 6.07) is 8.46. The Balaban J connectivity index is 1.57. The number of thiazole rings is 1. The van der Waals surface area contributed by atoms with Crippen LogP contribution in [0.5, 0.6) is 0 Å². The molecule has 0 fully saturated rings. The molecule has 0 bridgehead atoms. The third-order valence-electron chi connectivity index (χ3n) is 3.65. The molecular formula is C18H21N5OS2. The van der Waals surface area contributed by atoms with Gasteiger partial charge in [-0.1, -0.05) is 49.9 Å². The van der Waals surface area contributed by atoms with E-state index in [1.165, 1.54) is 28.7 Å². The molecule has 1 N–H and O–H groups in total. The van der Waals surface area contributed by atoms with Crippen LogP contribution in [-0.2, 0) is 18.3 Å². The third kappa shape index (κ3) is 4.92. The number of nitrogens with zero attached hydrogens (tertiary/aromatic N) is 4. The number of amides is 1. The van der Waals surface area contributed by atoms with E-state index in [4.69, 9.17) is 0 Å². The Labute approximate surface area is 161 Å². The molecule has 2 heterocycles. The number of thioether (sulfide) groups is 1. The number of hydrogen-bond acceptors (Lipinski definition) is 6. The van der Waals surface area contributed by atoms with Gasteiger partial charge in [0.25, 0.3) is 0 Å². The van der Waals surface area contributed by atoms with Crippen molar-refractivity contribution in [2.75, 3.05) is 11.1 Å². The summed E-state index contributed by atoms with van der Waals surface area (Å²) in [5.41, 5.74) is 3.26. The lowest BCUT2D eigenvalue weighted by Crippen LogP contribution is -2.14. The summed E-state index contributed by atoms with van der Waals surface area (Å²) in [6.45, 7) is 4.43. The Hall–Kier alpha value is -2.19. The van der Waals surface area contributed by atoms with E-state index in [0.717, 1.165) is 17.7 Å². The Morgan fingerprint density at radius 3 is 2.73 bits per heavy atom. The van der Waals surface area contributed by atoms with Crippen molar-refractivity contribution in [3.05, 3.63) is 41.5 Å². The van der Waals surface area contributed by atoms with Crippen LogP contribution < -0.4 is 5.32 Å². The molecule has 136 valence electrons. The van der Waals surface area contributed by atoms with E-state index in [1.807, 2.05) is 12.4 Å². The van der Waals surface area contributed by atoms with Crippen LogP contribution in [0.4, 0.5) is 5.13 Å². The van der Waals surface area contributed by atoms with E-state index < -0.39 is 0 Å². The van der Waals surface area contributed by atoms with Crippen LogP contribution >= 0.6 is 23.1 Å². The monoisotopic (exact) mass is 387 g/mol. The zero-order valence-electron chi connectivity index (χ0n) is 15.0. The second-order valence-corrected chi connectivity index (χ2v) is 8.19. The fourth-order valence-corrected chi connectivity index (χ4v) is 3.86. The predicted octanol–water partition coefficient (Wildman–Crippen LogP) is 3.87. The molecule has 0 atom stereocenters. The lowest BCUT2D eigenvalue weighted by atomic mass is 10.0. The molecule has 0 saturated heterocycles. The van der Waals surface area contributed by atoms with Crippen molar-refractivity contribution in [3.8, 4) is 11.3 Å². The third-order valence-corrected chi connectivity index (χ3v) is 5.44. The Morgan fingerprint density at radius 2 is 2.08 bits per heavy atom. The summed E-state index contributed by atoms with van der Waals surface area (Å²) < 4.78 is 1.78. The van der Waals surface area contributed by atoms with Gasteiger partial charge in [0.1, 0.15) is 6.33 Å². The highest BCUT2D eigenvalue weighted by Crippen LogP contribution is 2.26. The standard InChI is InChI=1S/C18H21N5OS2/c1-12(2)8-13-4-6-14(7-5-13)15-9-25-17(20-15)21-16(24)10-26-18-22-19-11-23(18)3/h4-7,9,11-12H,8,10H2,1-3H3,(H,20,21,24). The fourth-order valence-electron chi connectivity index (χ4n) is 2.44. The van der Waals surface area contributed by atoms with Gasteiger partial charge < -0.3 is 9.88 Å². The lowest BCUT2D eigenvalue weighted by Gasteiger charge is -2.05. The number of carbonyl (C=O) groups is 1. The quantitative estimate of drug-likeness (QED) is 0.623. The molecule has 26 heavy (non-hydrogen) atoms. The van der Waals surface area contributed by atoms with Crippen LogP contribution in [0.25, 0.3) is 11.3 Å². The van der Waals surface area contributed by atoms with Crippen molar-refractivity contribution < 1.29 is 4.79 Å². The van der Waals surface area contributed by atoms with Crippen LogP contribution in [-0.4, -0.2) is 31.4 Å². The fraction of sp³-hybridized carbons (Fsp3) is 0.333. The number of nitrogens with one attached hydrogen (secondary N) is 1. The topological polar surface area (TPSA) is 72.7 Å². The van der Waals surface area contributed by atoms with E-state index >= 15 is 0 Å². The highest BCUT2D eigenvalue weighted by molar-refractivity contribution is 7.99. The number of anilines is 1. The van der Waals surface area contributed by atoms with Crippen LogP contribution in [0.2, 0.25) is 0 Å². The highest BCUT2D eigenvalue weighted by Gasteiger charge is 2.10. The van der Waals surface area contributed by atoms with Crippen molar-refractivity contribution in [2.24, 2.45) is 13.0 Å². The SMILES string of the molecule is CC(C)Cc1ccc(-c2csc(NC(=O)CSc3nncn3C)n2)cc1. The molecule has 0 radical (unpaired) electrons. The van der Waals surface area contributed by atoms with E-state index in [2.05, 4.69) is 58.6 Å². The second-order valence-electron chi connectivity index (χ2n) is 6.39. The highest BCUT2D eigenvalue weighted by atomic mass is 32.2. The van der Waals surface area contributed by atoms with E-state index in [0.29, 0.717) is 16.2 Å². The van der Waals surface area contributed by atoms with Crippen LogP contribution in [0.15, 0.2) is 41.1 Å². The number of carbonyl (C=O) groups excluding carboxylic acids is 1. The molecular weight excluding hydrogens is 366 g/mol. The number of benzene rings is 1.